The minimum absolute atomic E-state index is 0.330. The first-order valence-corrected chi connectivity index (χ1v) is 6.77. The van der Waals surface area contributed by atoms with Crippen molar-refractivity contribution in [3.8, 4) is 0 Å². The number of nitrogens with zero attached hydrogens (tertiary/aromatic N) is 2. The molecule has 100 valence electrons. The maximum absolute atomic E-state index is 5.85. The molecule has 2 N–H and O–H groups in total. The molecule has 1 aliphatic heterocycles. The Morgan fingerprint density at radius 1 is 1.56 bits per heavy atom. The first kappa shape index (κ1) is 13.3. The lowest BCUT2D eigenvalue weighted by Gasteiger charge is -2.34. The highest BCUT2D eigenvalue weighted by atomic mass is 16.5. The van der Waals surface area contributed by atoms with Gasteiger partial charge in [0.2, 0.25) is 0 Å². The fourth-order valence-corrected chi connectivity index (χ4v) is 2.60. The monoisotopic (exact) mass is 249 g/mol. The number of pyridine rings is 1. The van der Waals surface area contributed by atoms with Crippen molar-refractivity contribution in [1.29, 1.82) is 0 Å². The molecule has 0 aliphatic carbocycles. The van der Waals surface area contributed by atoms with Crippen LogP contribution in [0.4, 0.5) is 5.82 Å². The second-order valence-electron chi connectivity index (χ2n) is 4.80. The highest BCUT2D eigenvalue weighted by molar-refractivity contribution is 5.50. The van der Waals surface area contributed by atoms with Crippen LogP contribution in [-0.2, 0) is 11.3 Å². The van der Waals surface area contributed by atoms with Gasteiger partial charge in [-0.25, -0.2) is 4.98 Å². The number of piperidine rings is 1. The molecule has 2 heterocycles. The summed E-state index contributed by atoms with van der Waals surface area (Å²) in [5.41, 5.74) is 8.24. The number of nitrogens with two attached hydrogens (primary N) is 1. The van der Waals surface area contributed by atoms with Crippen molar-refractivity contribution in [2.45, 2.75) is 39.3 Å². The largest absolute Gasteiger partial charge is 0.377 e. The van der Waals surface area contributed by atoms with Crippen LogP contribution in [0.25, 0.3) is 0 Å². The van der Waals surface area contributed by atoms with E-state index in [9.17, 15) is 0 Å². The lowest BCUT2D eigenvalue weighted by Crippen LogP contribution is -2.40. The van der Waals surface area contributed by atoms with E-state index in [0.29, 0.717) is 12.6 Å². The summed E-state index contributed by atoms with van der Waals surface area (Å²) >= 11 is 0. The van der Waals surface area contributed by atoms with Gasteiger partial charge in [-0.3, -0.25) is 0 Å². The summed E-state index contributed by atoms with van der Waals surface area (Å²) in [6, 6.07) is 2.02. The minimum Gasteiger partial charge on any atom is -0.377 e. The second kappa shape index (κ2) is 6.16. The summed E-state index contributed by atoms with van der Waals surface area (Å²) in [4.78, 5) is 6.84. The Labute approximate surface area is 109 Å². The van der Waals surface area contributed by atoms with Crippen molar-refractivity contribution < 1.29 is 4.74 Å². The standard InChI is InChI=1S/C14H23N3O/c1-3-18-12-5-4-8-17(10-12)14-13(9-15)11(2)6-7-16-14/h6-7,12H,3-5,8-10,15H2,1-2H3. The molecule has 2 rings (SSSR count). The second-order valence-corrected chi connectivity index (χ2v) is 4.80. The third-order valence-corrected chi connectivity index (χ3v) is 3.55. The molecule has 0 aromatic carbocycles. The predicted octanol–water partition coefficient (Wildman–Crippen LogP) is 1.85. The van der Waals surface area contributed by atoms with Crippen molar-refractivity contribution in [1.82, 2.24) is 4.98 Å². The fourth-order valence-electron chi connectivity index (χ4n) is 2.60. The SMILES string of the molecule is CCOC1CCCN(c2nccc(C)c2CN)C1. The Bertz CT molecular complexity index is 393. The molecule has 0 radical (unpaired) electrons. The molecule has 1 aromatic heterocycles. The van der Waals surface area contributed by atoms with E-state index in [1.165, 1.54) is 5.56 Å². The molecule has 1 fully saturated rings. The molecule has 4 heteroatoms. The van der Waals surface area contributed by atoms with Gasteiger partial charge in [0, 0.05) is 38.0 Å². The maximum Gasteiger partial charge on any atom is 0.133 e. The third-order valence-electron chi connectivity index (χ3n) is 3.55. The number of hydrogen-bond donors (Lipinski definition) is 1. The van der Waals surface area contributed by atoms with Crippen molar-refractivity contribution in [3.05, 3.63) is 23.4 Å². The molecule has 1 saturated heterocycles. The van der Waals surface area contributed by atoms with Crippen molar-refractivity contribution in [3.63, 3.8) is 0 Å². The molecule has 1 unspecified atom stereocenters. The number of anilines is 1. The van der Waals surface area contributed by atoms with Gasteiger partial charge in [-0.2, -0.15) is 0 Å². The molecule has 0 amide bonds. The summed E-state index contributed by atoms with van der Waals surface area (Å²) in [6.45, 7) is 7.45. The van der Waals surface area contributed by atoms with Crippen LogP contribution in [0.3, 0.4) is 0 Å². The third kappa shape index (κ3) is 2.82. The van der Waals surface area contributed by atoms with Crippen LogP contribution in [0.5, 0.6) is 0 Å². The molecule has 0 spiro atoms. The number of rotatable bonds is 4. The van der Waals surface area contributed by atoms with E-state index in [2.05, 4.69) is 23.7 Å². The zero-order chi connectivity index (χ0) is 13.0. The Morgan fingerprint density at radius 2 is 2.39 bits per heavy atom. The topological polar surface area (TPSA) is 51.4 Å². The summed E-state index contributed by atoms with van der Waals surface area (Å²) < 4.78 is 5.74. The lowest BCUT2D eigenvalue weighted by molar-refractivity contribution is 0.0525. The summed E-state index contributed by atoms with van der Waals surface area (Å²) in [6.07, 6.45) is 4.50. The van der Waals surface area contributed by atoms with E-state index in [1.54, 1.807) is 0 Å². The summed E-state index contributed by atoms with van der Waals surface area (Å²) in [5.74, 6) is 1.04. The van der Waals surface area contributed by atoms with Crippen LogP contribution < -0.4 is 10.6 Å². The zero-order valence-corrected chi connectivity index (χ0v) is 11.4. The highest BCUT2D eigenvalue weighted by Gasteiger charge is 2.22. The van der Waals surface area contributed by atoms with Gasteiger partial charge in [0.25, 0.3) is 0 Å². The molecule has 1 atom stereocenters. The molecule has 4 nitrogen and oxygen atoms in total. The number of hydrogen-bond acceptors (Lipinski definition) is 4. The Balaban J connectivity index is 2.18. The average Bonchev–Trinajstić information content (AvgIpc) is 2.39. The van der Waals surface area contributed by atoms with Crippen molar-refractivity contribution in [2.24, 2.45) is 5.73 Å². The van der Waals surface area contributed by atoms with Crippen LogP contribution >= 0.6 is 0 Å². The first-order chi connectivity index (χ1) is 8.76. The molecule has 18 heavy (non-hydrogen) atoms. The van der Waals surface area contributed by atoms with Gasteiger partial charge in [-0.15, -0.1) is 0 Å². The highest BCUT2D eigenvalue weighted by Crippen LogP contribution is 2.24. The van der Waals surface area contributed by atoms with Crippen LogP contribution in [0, 0.1) is 6.92 Å². The van der Waals surface area contributed by atoms with E-state index >= 15 is 0 Å². The minimum atomic E-state index is 0.330. The summed E-state index contributed by atoms with van der Waals surface area (Å²) in [5, 5.41) is 0. The van der Waals surface area contributed by atoms with Gasteiger partial charge in [0.05, 0.1) is 6.10 Å². The molecule has 1 aromatic rings. The van der Waals surface area contributed by atoms with Gasteiger partial charge in [-0.05, 0) is 38.3 Å². The van der Waals surface area contributed by atoms with Gasteiger partial charge in [-0.1, -0.05) is 0 Å². The van der Waals surface area contributed by atoms with Crippen molar-refractivity contribution in [2.75, 3.05) is 24.6 Å². The lowest BCUT2D eigenvalue weighted by atomic mass is 10.1. The Morgan fingerprint density at radius 3 is 3.11 bits per heavy atom. The normalized spacial score (nSPS) is 20.2. The molecule has 0 saturated carbocycles. The number of ether oxygens (including phenoxy) is 1. The molecule has 0 bridgehead atoms. The van der Waals surface area contributed by atoms with E-state index in [1.807, 2.05) is 12.3 Å². The van der Waals surface area contributed by atoms with Gasteiger partial charge in [0.1, 0.15) is 5.82 Å². The van der Waals surface area contributed by atoms with Crippen LogP contribution in [-0.4, -0.2) is 30.8 Å². The maximum atomic E-state index is 5.85. The van der Waals surface area contributed by atoms with Crippen LogP contribution in [0.1, 0.15) is 30.9 Å². The van der Waals surface area contributed by atoms with E-state index in [-0.39, 0.29) is 0 Å². The number of aryl methyl sites for hydroxylation is 1. The fraction of sp³-hybridized carbons (Fsp3) is 0.643. The van der Waals surface area contributed by atoms with Gasteiger partial charge < -0.3 is 15.4 Å². The number of aromatic nitrogens is 1. The van der Waals surface area contributed by atoms with Crippen molar-refractivity contribution >= 4 is 5.82 Å². The first-order valence-electron chi connectivity index (χ1n) is 6.77. The van der Waals surface area contributed by atoms with E-state index < -0.39 is 0 Å². The Hall–Kier alpha value is -1.13. The van der Waals surface area contributed by atoms with E-state index in [0.717, 1.165) is 43.9 Å². The smallest absolute Gasteiger partial charge is 0.133 e. The van der Waals surface area contributed by atoms with E-state index in [4.69, 9.17) is 10.5 Å². The van der Waals surface area contributed by atoms with Crippen LogP contribution in [0.2, 0.25) is 0 Å². The van der Waals surface area contributed by atoms with Crippen LogP contribution in [0.15, 0.2) is 12.3 Å². The molecule has 1 aliphatic rings. The Kier molecular flexibility index (Phi) is 4.55. The average molecular weight is 249 g/mol. The van der Waals surface area contributed by atoms with Gasteiger partial charge >= 0.3 is 0 Å². The summed E-state index contributed by atoms with van der Waals surface area (Å²) in [7, 11) is 0. The molecular formula is C14H23N3O. The van der Waals surface area contributed by atoms with Gasteiger partial charge in [0.15, 0.2) is 0 Å². The quantitative estimate of drug-likeness (QED) is 0.885. The predicted molar refractivity (Wildman–Crippen MR) is 73.7 cm³/mol. The zero-order valence-electron chi connectivity index (χ0n) is 11.4. The molecular weight excluding hydrogens is 226 g/mol.